The summed E-state index contributed by atoms with van der Waals surface area (Å²) in [7, 11) is 0. The second-order valence-electron chi connectivity index (χ2n) is 2.36. The zero-order valence-corrected chi connectivity index (χ0v) is 6.77. The maximum atomic E-state index is 5.56. The fourth-order valence-corrected chi connectivity index (χ4v) is 1.81. The van der Waals surface area contributed by atoms with Gasteiger partial charge < -0.3 is 5.73 Å². The number of rotatable bonds is 0. The van der Waals surface area contributed by atoms with E-state index in [1.165, 1.54) is 22.2 Å². The summed E-state index contributed by atoms with van der Waals surface area (Å²) in [6.45, 7) is 0.731. The van der Waals surface area contributed by atoms with Gasteiger partial charge in [-0.05, 0) is 11.6 Å². The van der Waals surface area contributed by atoms with Crippen molar-refractivity contribution >= 4 is 16.9 Å². The van der Waals surface area contributed by atoms with Gasteiger partial charge in [-0.3, -0.25) is 4.99 Å². The van der Waals surface area contributed by atoms with E-state index in [1.807, 2.05) is 12.1 Å². The lowest BCUT2D eigenvalue weighted by atomic mass is 10.2. The van der Waals surface area contributed by atoms with Gasteiger partial charge in [-0.2, -0.15) is 0 Å². The Hall–Kier alpha value is -0.960. The largest absolute Gasteiger partial charge is 0.378 e. The zero-order valence-electron chi connectivity index (χ0n) is 5.95. The molecule has 1 heterocycles. The summed E-state index contributed by atoms with van der Waals surface area (Å²) in [5, 5.41) is 0.670. The highest BCUT2D eigenvalue weighted by atomic mass is 32.2. The molecule has 0 saturated carbocycles. The molecule has 0 unspecified atom stereocenters. The van der Waals surface area contributed by atoms with Gasteiger partial charge in [0, 0.05) is 4.90 Å². The third kappa shape index (κ3) is 1.24. The summed E-state index contributed by atoms with van der Waals surface area (Å²) in [5.41, 5.74) is 6.83. The van der Waals surface area contributed by atoms with Gasteiger partial charge in [0.1, 0.15) is 0 Å². The normalized spacial score (nSPS) is 15.5. The van der Waals surface area contributed by atoms with E-state index in [-0.39, 0.29) is 0 Å². The van der Waals surface area contributed by atoms with Gasteiger partial charge >= 0.3 is 0 Å². The molecule has 2 N–H and O–H groups in total. The minimum Gasteiger partial charge on any atom is -0.378 e. The van der Waals surface area contributed by atoms with Gasteiger partial charge in [0.15, 0.2) is 5.17 Å². The van der Waals surface area contributed by atoms with Gasteiger partial charge in [0.2, 0.25) is 0 Å². The molecule has 2 rings (SSSR count). The van der Waals surface area contributed by atoms with Crippen LogP contribution in [0.3, 0.4) is 0 Å². The molecule has 3 heteroatoms. The van der Waals surface area contributed by atoms with E-state index in [0.29, 0.717) is 5.17 Å². The number of fused-ring (bicyclic) bond motifs is 1. The van der Waals surface area contributed by atoms with E-state index in [0.717, 1.165) is 6.54 Å². The number of aliphatic imine (C=N–C) groups is 1. The summed E-state index contributed by atoms with van der Waals surface area (Å²) in [6, 6.07) is 8.20. The Labute approximate surface area is 69.5 Å². The third-order valence-corrected chi connectivity index (χ3v) is 2.55. The van der Waals surface area contributed by atoms with Crippen molar-refractivity contribution in [2.45, 2.75) is 11.4 Å². The van der Waals surface area contributed by atoms with E-state index >= 15 is 0 Å². The number of hydrogen-bond donors (Lipinski definition) is 1. The molecule has 0 spiro atoms. The monoisotopic (exact) mass is 164 g/mol. The van der Waals surface area contributed by atoms with Gasteiger partial charge in [-0.15, -0.1) is 0 Å². The molecule has 0 atom stereocenters. The first-order chi connectivity index (χ1) is 5.36. The lowest BCUT2D eigenvalue weighted by molar-refractivity contribution is 1.02. The van der Waals surface area contributed by atoms with E-state index in [9.17, 15) is 0 Å². The molecule has 1 aromatic rings. The topological polar surface area (TPSA) is 38.4 Å². The Kier molecular flexibility index (Phi) is 1.58. The van der Waals surface area contributed by atoms with Gasteiger partial charge in [0.25, 0.3) is 0 Å². The first-order valence-corrected chi connectivity index (χ1v) is 4.23. The average Bonchev–Trinajstić information content (AvgIpc) is 2.04. The summed E-state index contributed by atoms with van der Waals surface area (Å²) in [6.07, 6.45) is 0. The predicted molar refractivity (Wildman–Crippen MR) is 47.6 cm³/mol. The number of nitrogens with two attached hydrogens (primary N) is 1. The van der Waals surface area contributed by atoms with Gasteiger partial charge in [-0.1, -0.05) is 30.0 Å². The summed E-state index contributed by atoms with van der Waals surface area (Å²) in [5.74, 6) is 0. The van der Waals surface area contributed by atoms with Crippen LogP contribution in [0.4, 0.5) is 0 Å². The molecule has 0 saturated heterocycles. The van der Waals surface area contributed by atoms with Crippen molar-refractivity contribution in [3.05, 3.63) is 29.8 Å². The Morgan fingerprint density at radius 1 is 1.36 bits per heavy atom. The summed E-state index contributed by atoms with van der Waals surface area (Å²) in [4.78, 5) is 5.36. The highest BCUT2D eigenvalue weighted by molar-refractivity contribution is 8.13. The predicted octanol–water partition coefficient (Wildman–Crippen LogP) is 1.61. The zero-order chi connectivity index (χ0) is 7.68. The van der Waals surface area contributed by atoms with Crippen LogP contribution in [0.15, 0.2) is 34.2 Å². The minimum atomic E-state index is 0.670. The lowest BCUT2D eigenvalue weighted by Gasteiger charge is -2.11. The number of thioether (sulfide) groups is 1. The van der Waals surface area contributed by atoms with Crippen molar-refractivity contribution < 1.29 is 0 Å². The van der Waals surface area contributed by atoms with Crippen LogP contribution in [-0.2, 0) is 6.54 Å². The van der Waals surface area contributed by atoms with Crippen LogP contribution in [-0.4, -0.2) is 5.17 Å². The van der Waals surface area contributed by atoms with Crippen LogP contribution >= 0.6 is 11.8 Å². The molecular formula is C8H8N2S. The molecular weight excluding hydrogens is 156 g/mol. The number of nitrogens with zero attached hydrogens (tertiary/aromatic N) is 1. The molecule has 0 bridgehead atoms. The highest BCUT2D eigenvalue weighted by Crippen LogP contribution is 2.26. The van der Waals surface area contributed by atoms with Crippen LogP contribution in [0.2, 0.25) is 0 Å². The van der Waals surface area contributed by atoms with E-state index in [4.69, 9.17) is 5.73 Å². The van der Waals surface area contributed by atoms with Crippen LogP contribution in [0, 0.1) is 0 Å². The highest BCUT2D eigenvalue weighted by Gasteiger charge is 2.08. The van der Waals surface area contributed by atoms with Crippen LogP contribution < -0.4 is 5.73 Å². The van der Waals surface area contributed by atoms with Gasteiger partial charge in [-0.25, -0.2) is 0 Å². The number of amidine groups is 1. The third-order valence-electron chi connectivity index (χ3n) is 1.59. The fourth-order valence-electron chi connectivity index (χ4n) is 1.04. The van der Waals surface area contributed by atoms with Gasteiger partial charge in [0.05, 0.1) is 6.54 Å². The molecule has 1 aromatic carbocycles. The molecule has 0 amide bonds. The van der Waals surface area contributed by atoms with Crippen LogP contribution in [0.1, 0.15) is 5.56 Å². The first kappa shape index (κ1) is 6.73. The summed E-state index contributed by atoms with van der Waals surface area (Å²) >= 11 is 1.54. The van der Waals surface area contributed by atoms with Crippen molar-refractivity contribution in [3.63, 3.8) is 0 Å². The first-order valence-electron chi connectivity index (χ1n) is 3.42. The quantitative estimate of drug-likeness (QED) is 0.632. The number of hydrogen-bond acceptors (Lipinski definition) is 3. The molecule has 0 radical (unpaired) electrons. The Morgan fingerprint density at radius 3 is 3.09 bits per heavy atom. The molecule has 1 aliphatic heterocycles. The second kappa shape index (κ2) is 2.58. The molecule has 0 fully saturated rings. The standard InChI is InChI=1S/C8H8N2S/c9-8-10-5-6-3-1-2-4-7(6)11-8/h1-4H,5H2,(H2,9,10). The minimum absolute atomic E-state index is 0.670. The summed E-state index contributed by atoms with van der Waals surface area (Å²) < 4.78 is 0. The fraction of sp³-hybridized carbons (Fsp3) is 0.125. The molecule has 1 aliphatic rings. The Balaban J connectivity index is 2.42. The van der Waals surface area contributed by atoms with E-state index in [1.54, 1.807) is 0 Å². The average molecular weight is 164 g/mol. The molecule has 56 valence electrons. The van der Waals surface area contributed by atoms with Crippen molar-refractivity contribution in [2.75, 3.05) is 0 Å². The smallest absolute Gasteiger partial charge is 0.159 e. The molecule has 0 aliphatic carbocycles. The van der Waals surface area contributed by atoms with E-state index in [2.05, 4.69) is 17.1 Å². The van der Waals surface area contributed by atoms with Crippen LogP contribution in [0.25, 0.3) is 0 Å². The second-order valence-corrected chi connectivity index (χ2v) is 3.43. The molecule has 11 heavy (non-hydrogen) atoms. The van der Waals surface area contributed by atoms with Crippen molar-refractivity contribution in [2.24, 2.45) is 10.7 Å². The van der Waals surface area contributed by atoms with E-state index < -0.39 is 0 Å². The Morgan fingerprint density at radius 2 is 2.18 bits per heavy atom. The van der Waals surface area contributed by atoms with Crippen molar-refractivity contribution in [1.82, 2.24) is 0 Å². The molecule has 2 nitrogen and oxygen atoms in total. The lowest BCUT2D eigenvalue weighted by Crippen LogP contribution is -2.10. The maximum absolute atomic E-state index is 5.56. The molecule has 0 aromatic heterocycles. The number of benzene rings is 1. The van der Waals surface area contributed by atoms with Crippen molar-refractivity contribution in [1.29, 1.82) is 0 Å². The maximum Gasteiger partial charge on any atom is 0.159 e. The Bertz CT molecular complexity index is 307. The SMILES string of the molecule is NC1=NCc2ccccc2S1. The van der Waals surface area contributed by atoms with Crippen molar-refractivity contribution in [3.8, 4) is 0 Å². The van der Waals surface area contributed by atoms with Crippen LogP contribution in [0.5, 0.6) is 0 Å².